The van der Waals surface area contributed by atoms with E-state index in [0.29, 0.717) is 0 Å². The van der Waals surface area contributed by atoms with Crippen molar-refractivity contribution in [3.05, 3.63) is 148 Å². The number of para-hydroxylation sites is 2. The zero-order valence-corrected chi connectivity index (χ0v) is 22.6. The third kappa shape index (κ3) is 4.43. The monoisotopic (exact) mass is 541 g/mol. The van der Waals surface area contributed by atoms with Crippen LogP contribution in [0.5, 0.6) is 0 Å². The Morgan fingerprint density at radius 1 is 0.541 bits per heavy atom. The van der Waals surface area contributed by atoms with E-state index in [4.69, 9.17) is 0 Å². The van der Waals surface area contributed by atoms with Crippen molar-refractivity contribution in [1.29, 1.82) is 0 Å². The van der Waals surface area contributed by atoms with Crippen molar-refractivity contribution in [2.45, 2.75) is 19.3 Å². The van der Waals surface area contributed by atoms with E-state index in [1.165, 1.54) is 39.1 Å². The standard InChI is InChI=1S/C35H28BrN/c1-35(2)33-23-26(14-13-25-15-18-27(36)19-16-25)17-21-31(33)32-22-20-30(24-34(32)35)37(28-9-5-3-6-10-28)29-11-7-4-8-12-29/h3-24H,1-2H3. The zero-order valence-electron chi connectivity index (χ0n) is 21.0. The zero-order chi connectivity index (χ0) is 25.4. The van der Waals surface area contributed by atoms with Gasteiger partial charge in [-0.2, -0.15) is 0 Å². The van der Waals surface area contributed by atoms with Crippen molar-refractivity contribution in [3.63, 3.8) is 0 Å². The Morgan fingerprint density at radius 2 is 1.05 bits per heavy atom. The average molecular weight is 543 g/mol. The van der Waals surface area contributed by atoms with Gasteiger partial charge in [0.25, 0.3) is 0 Å². The molecule has 5 aromatic rings. The quantitative estimate of drug-likeness (QED) is 0.200. The molecule has 0 atom stereocenters. The number of fused-ring (bicyclic) bond motifs is 3. The van der Waals surface area contributed by atoms with Crippen LogP contribution in [0.3, 0.4) is 0 Å². The van der Waals surface area contributed by atoms with Crippen LogP contribution in [-0.2, 0) is 5.41 Å². The molecule has 0 amide bonds. The molecular formula is C35H28BrN. The topological polar surface area (TPSA) is 3.24 Å². The van der Waals surface area contributed by atoms with Gasteiger partial charge in [-0.15, -0.1) is 0 Å². The van der Waals surface area contributed by atoms with Gasteiger partial charge in [-0.3, -0.25) is 0 Å². The predicted octanol–water partition coefficient (Wildman–Crippen LogP) is 10.4. The minimum atomic E-state index is -0.0960. The highest BCUT2D eigenvalue weighted by atomic mass is 79.9. The molecule has 0 saturated heterocycles. The molecule has 2 heteroatoms. The molecule has 0 aliphatic heterocycles. The Morgan fingerprint density at radius 3 is 1.68 bits per heavy atom. The van der Waals surface area contributed by atoms with Crippen LogP contribution in [0, 0.1) is 0 Å². The first-order valence-electron chi connectivity index (χ1n) is 12.6. The van der Waals surface area contributed by atoms with Crippen LogP contribution >= 0.6 is 15.9 Å². The fourth-order valence-electron chi connectivity index (χ4n) is 5.35. The Balaban J connectivity index is 1.39. The summed E-state index contributed by atoms with van der Waals surface area (Å²) >= 11 is 3.52. The van der Waals surface area contributed by atoms with Crippen LogP contribution in [0.4, 0.5) is 17.1 Å². The Bertz CT molecular complexity index is 1540. The molecular weight excluding hydrogens is 514 g/mol. The van der Waals surface area contributed by atoms with Gasteiger partial charge in [0.05, 0.1) is 0 Å². The minimum absolute atomic E-state index is 0.0960. The van der Waals surface area contributed by atoms with Crippen molar-refractivity contribution < 1.29 is 0 Å². The van der Waals surface area contributed by atoms with Gasteiger partial charge in [0.1, 0.15) is 0 Å². The fourth-order valence-corrected chi connectivity index (χ4v) is 5.62. The third-order valence-corrected chi connectivity index (χ3v) is 7.84. The van der Waals surface area contributed by atoms with E-state index in [9.17, 15) is 0 Å². The normalized spacial score (nSPS) is 13.4. The molecule has 0 fully saturated rings. The number of anilines is 3. The van der Waals surface area contributed by atoms with Crippen molar-refractivity contribution in [2.24, 2.45) is 0 Å². The molecule has 6 rings (SSSR count). The Labute approximate surface area is 227 Å². The van der Waals surface area contributed by atoms with Gasteiger partial charge < -0.3 is 4.90 Å². The lowest BCUT2D eigenvalue weighted by molar-refractivity contribution is 0.660. The largest absolute Gasteiger partial charge is 0.310 e. The summed E-state index contributed by atoms with van der Waals surface area (Å²) in [5.41, 5.74) is 11.2. The molecule has 5 aromatic carbocycles. The highest BCUT2D eigenvalue weighted by Crippen LogP contribution is 2.51. The van der Waals surface area contributed by atoms with E-state index in [0.717, 1.165) is 15.8 Å². The molecule has 0 radical (unpaired) electrons. The molecule has 180 valence electrons. The number of hydrogen-bond acceptors (Lipinski definition) is 1. The highest BCUT2D eigenvalue weighted by Gasteiger charge is 2.36. The molecule has 0 bridgehead atoms. The van der Waals surface area contributed by atoms with Gasteiger partial charge in [-0.1, -0.05) is 115 Å². The van der Waals surface area contributed by atoms with E-state index < -0.39 is 0 Å². The second-order valence-corrected chi connectivity index (χ2v) is 11.0. The molecule has 0 heterocycles. The number of rotatable bonds is 5. The maximum Gasteiger partial charge on any atom is 0.0465 e. The minimum Gasteiger partial charge on any atom is -0.310 e. The summed E-state index contributed by atoms with van der Waals surface area (Å²) in [6.07, 6.45) is 4.39. The lowest BCUT2D eigenvalue weighted by Crippen LogP contribution is -2.16. The third-order valence-electron chi connectivity index (χ3n) is 7.31. The van der Waals surface area contributed by atoms with Gasteiger partial charge in [-0.05, 0) is 81.9 Å². The summed E-state index contributed by atoms with van der Waals surface area (Å²) in [5.74, 6) is 0. The second-order valence-electron chi connectivity index (χ2n) is 10.1. The van der Waals surface area contributed by atoms with E-state index >= 15 is 0 Å². The summed E-state index contributed by atoms with van der Waals surface area (Å²) < 4.78 is 1.10. The van der Waals surface area contributed by atoms with Gasteiger partial charge in [0, 0.05) is 26.9 Å². The van der Waals surface area contributed by atoms with Crippen LogP contribution in [0.2, 0.25) is 0 Å². The smallest absolute Gasteiger partial charge is 0.0465 e. The first-order chi connectivity index (χ1) is 18.0. The maximum atomic E-state index is 3.52. The summed E-state index contributed by atoms with van der Waals surface area (Å²) in [7, 11) is 0. The van der Waals surface area contributed by atoms with Crippen molar-refractivity contribution in [3.8, 4) is 11.1 Å². The molecule has 0 aromatic heterocycles. The first kappa shape index (κ1) is 23.5. The molecule has 1 aliphatic rings. The number of halogens is 1. The van der Waals surface area contributed by atoms with E-state index in [-0.39, 0.29) is 5.41 Å². The second kappa shape index (κ2) is 9.53. The summed E-state index contributed by atoms with van der Waals surface area (Å²) in [5, 5.41) is 0. The van der Waals surface area contributed by atoms with Crippen molar-refractivity contribution in [1.82, 2.24) is 0 Å². The molecule has 0 spiro atoms. The molecule has 0 saturated carbocycles. The van der Waals surface area contributed by atoms with E-state index in [2.05, 4.69) is 168 Å². The lowest BCUT2D eigenvalue weighted by Gasteiger charge is -2.28. The van der Waals surface area contributed by atoms with Gasteiger partial charge in [-0.25, -0.2) is 0 Å². The van der Waals surface area contributed by atoms with Gasteiger partial charge >= 0.3 is 0 Å². The summed E-state index contributed by atoms with van der Waals surface area (Å²) in [6, 6.07) is 43.4. The number of nitrogens with zero attached hydrogens (tertiary/aromatic N) is 1. The van der Waals surface area contributed by atoms with Crippen molar-refractivity contribution >= 4 is 45.1 Å². The highest BCUT2D eigenvalue weighted by molar-refractivity contribution is 9.10. The van der Waals surface area contributed by atoms with Gasteiger partial charge in [0.15, 0.2) is 0 Å². The van der Waals surface area contributed by atoms with E-state index in [1.807, 2.05) is 0 Å². The van der Waals surface area contributed by atoms with E-state index in [1.54, 1.807) is 0 Å². The average Bonchev–Trinajstić information content (AvgIpc) is 3.15. The van der Waals surface area contributed by atoms with Crippen LogP contribution in [0.1, 0.15) is 36.1 Å². The van der Waals surface area contributed by atoms with Crippen LogP contribution in [0.25, 0.3) is 23.3 Å². The molecule has 0 N–H and O–H groups in total. The molecule has 1 aliphatic carbocycles. The maximum absolute atomic E-state index is 3.52. The molecule has 0 unspecified atom stereocenters. The lowest BCUT2D eigenvalue weighted by atomic mass is 9.81. The summed E-state index contributed by atoms with van der Waals surface area (Å²) in [4.78, 5) is 2.34. The predicted molar refractivity (Wildman–Crippen MR) is 162 cm³/mol. The van der Waals surface area contributed by atoms with Crippen LogP contribution < -0.4 is 4.90 Å². The van der Waals surface area contributed by atoms with Gasteiger partial charge in [0.2, 0.25) is 0 Å². The molecule has 1 nitrogen and oxygen atoms in total. The van der Waals surface area contributed by atoms with Crippen LogP contribution in [0.15, 0.2) is 126 Å². The number of hydrogen-bond donors (Lipinski definition) is 0. The molecule has 37 heavy (non-hydrogen) atoms. The SMILES string of the molecule is CC1(C)c2cc(C=Cc3ccc(Br)cc3)ccc2-c2ccc(N(c3ccccc3)c3ccccc3)cc21. The summed E-state index contributed by atoms with van der Waals surface area (Å²) in [6.45, 7) is 4.69. The Kier molecular flexibility index (Phi) is 6.06. The Hall–Kier alpha value is -3.88. The first-order valence-corrected chi connectivity index (χ1v) is 13.4. The van der Waals surface area contributed by atoms with Crippen molar-refractivity contribution in [2.75, 3.05) is 4.90 Å². The van der Waals surface area contributed by atoms with Crippen LogP contribution in [-0.4, -0.2) is 0 Å². The number of benzene rings is 5. The fraction of sp³-hybridized carbons (Fsp3) is 0.0857.